The second kappa shape index (κ2) is 3.66. The van der Waals surface area contributed by atoms with E-state index in [4.69, 9.17) is 5.11 Å². The largest absolute Gasteiger partial charge is 0.391 e. The van der Waals surface area contributed by atoms with E-state index in [0.29, 0.717) is 5.56 Å². The fraction of sp³-hybridized carbons (Fsp3) is 0.200. The fourth-order valence-corrected chi connectivity index (χ4v) is 3.80. The number of aliphatic hydroxyl groups is 1. The van der Waals surface area contributed by atoms with Gasteiger partial charge in [-0.25, -0.2) is 16.8 Å². The maximum absolute atomic E-state index is 11.9. The summed E-state index contributed by atoms with van der Waals surface area (Å²) in [6, 6.07) is 3.89. The van der Waals surface area contributed by atoms with Crippen LogP contribution in [0, 0.1) is 0 Å². The Morgan fingerprint density at radius 2 is 1.94 bits per heavy atom. The van der Waals surface area contributed by atoms with E-state index >= 15 is 0 Å². The fourth-order valence-electron chi connectivity index (χ4n) is 1.62. The van der Waals surface area contributed by atoms with Crippen molar-refractivity contribution < 1.29 is 21.9 Å². The van der Waals surface area contributed by atoms with Crippen LogP contribution in [0.4, 0.5) is 0 Å². The molecule has 0 atom stereocenters. The molecule has 0 aliphatic carbocycles. The SMILES string of the molecule is CS(=O)(=O)c1ccc2c(c1)S(=O)(=O)C(CO)=C2. The zero-order valence-electron chi connectivity index (χ0n) is 8.91. The van der Waals surface area contributed by atoms with Crippen molar-refractivity contribution >= 4 is 25.8 Å². The van der Waals surface area contributed by atoms with Gasteiger partial charge in [0.2, 0.25) is 9.84 Å². The van der Waals surface area contributed by atoms with E-state index in [1.54, 1.807) is 0 Å². The molecule has 1 aromatic carbocycles. The molecule has 0 unspecified atom stereocenters. The summed E-state index contributed by atoms with van der Waals surface area (Å²) >= 11 is 0. The summed E-state index contributed by atoms with van der Waals surface area (Å²) in [5.41, 5.74) is 0.404. The first-order chi connectivity index (χ1) is 7.76. The summed E-state index contributed by atoms with van der Waals surface area (Å²) in [6.45, 7) is -0.592. The molecule has 0 saturated carbocycles. The van der Waals surface area contributed by atoms with Crippen LogP contribution in [0.2, 0.25) is 0 Å². The molecule has 92 valence electrons. The molecule has 1 aliphatic rings. The molecule has 0 fully saturated rings. The molecular weight excluding hydrogens is 264 g/mol. The first-order valence-corrected chi connectivity index (χ1v) is 8.05. The number of sulfone groups is 2. The lowest BCUT2D eigenvalue weighted by atomic mass is 10.2. The molecule has 5 nitrogen and oxygen atoms in total. The number of fused-ring (bicyclic) bond motifs is 1. The van der Waals surface area contributed by atoms with Crippen LogP contribution in [0.5, 0.6) is 0 Å². The normalized spacial score (nSPS) is 17.6. The maximum atomic E-state index is 11.9. The van der Waals surface area contributed by atoms with Crippen molar-refractivity contribution in [2.45, 2.75) is 9.79 Å². The zero-order valence-corrected chi connectivity index (χ0v) is 10.5. The lowest BCUT2D eigenvalue weighted by Crippen LogP contribution is -2.05. The maximum Gasteiger partial charge on any atom is 0.205 e. The minimum Gasteiger partial charge on any atom is -0.391 e. The van der Waals surface area contributed by atoms with Gasteiger partial charge in [-0.15, -0.1) is 0 Å². The molecule has 0 spiro atoms. The van der Waals surface area contributed by atoms with E-state index in [1.165, 1.54) is 18.2 Å². The molecule has 2 rings (SSSR count). The van der Waals surface area contributed by atoms with Crippen molar-refractivity contribution in [3.63, 3.8) is 0 Å². The molecule has 0 bridgehead atoms. The van der Waals surface area contributed by atoms with E-state index in [1.807, 2.05) is 0 Å². The van der Waals surface area contributed by atoms with Gasteiger partial charge in [-0.1, -0.05) is 6.07 Å². The van der Waals surface area contributed by atoms with Crippen LogP contribution in [0.25, 0.3) is 6.08 Å². The van der Waals surface area contributed by atoms with Gasteiger partial charge in [0, 0.05) is 6.26 Å². The van der Waals surface area contributed by atoms with E-state index < -0.39 is 26.3 Å². The van der Waals surface area contributed by atoms with Gasteiger partial charge in [-0.2, -0.15) is 0 Å². The van der Waals surface area contributed by atoms with Gasteiger partial charge < -0.3 is 5.11 Å². The van der Waals surface area contributed by atoms with E-state index in [2.05, 4.69) is 0 Å². The molecule has 1 aromatic rings. The second-order valence-electron chi connectivity index (χ2n) is 3.74. The van der Waals surface area contributed by atoms with Crippen LogP contribution in [0.1, 0.15) is 5.56 Å². The molecule has 0 aromatic heterocycles. The highest BCUT2D eigenvalue weighted by Crippen LogP contribution is 2.33. The number of rotatable bonds is 2. The van der Waals surface area contributed by atoms with Crippen LogP contribution < -0.4 is 0 Å². The Bertz CT molecular complexity index is 711. The average molecular weight is 274 g/mol. The van der Waals surface area contributed by atoms with E-state index in [-0.39, 0.29) is 14.7 Å². The van der Waals surface area contributed by atoms with E-state index in [0.717, 1.165) is 12.3 Å². The van der Waals surface area contributed by atoms with Gasteiger partial charge in [0.25, 0.3) is 0 Å². The van der Waals surface area contributed by atoms with E-state index in [9.17, 15) is 16.8 Å². The highest BCUT2D eigenvalue weighted by Gasteiger charge is 2.29. The summed E-state index contributed by atoms with van der Waals surface area (Å²) < 4.78 is 46.4. The van der Waals surface area contributed by atoms with Crippen LogP contribution >= 0.6 is 0 Å². The molecule has 0 saturated heterocycles. The van der Waals surface area contributed by atoms with Gasteiger partial charge in [0.1, 0.15) is 0 Å². The quantitative estimate of drug-likeness (QED) is 0.833. The number of hydrogen-bond acceptors (Lipinski definition) is 5. The summed E-state index contributed by atoms with van der Waals surface area (Å²) in [5, 5.41) is 8.94. The van der Waals surface area contributed by atoms with Crippen LogP contribution in [0.3, 0.4) is 0 Å². The van der Waals surface area contributed by atoms with Gasteiger partial charge in [0.15, 0.2) is 9.84 Å². The van der Waals surface area contributed by atoms with Crippen molar-refractivity contribution in [3.05, 3.63) is 28.7 Å². The Morgan fingerprint density at radius 1 is 1.29 bits per heavy atom. The summed E-state index contributed by atoms with van der Waals surface area (Å²) in [5.74, 6) is 0. The first-order valence-electron chi connectivity index (χ1n) is 4.67. The minimum absolute atomic E-state index is 0.0487. The average Bonchev–Trinajstić information content (AvgIpc) is 2.48. The molecule has 17 heavy (non-hydrogen) atoms. The van der Waals surface area contributed by atoms with Gasteiger partial charge >= 0.3 is 0 Å². The molecule has 1 aliphatic heterocycles. The summed E-state index contributed by atoms with van der Waals surface area (Å²) in [4.78, 5) is -0.227. The Labute approximate surface area is 99.2 Å². The molecule has 7 heteroatoms. The zero-order chi connectivity index (χ0) is 12.8. The van der Waals surface area contributed by atoms with Gasteiger partial charge in [-0.05, 0) is 23.8 Å². The summed E-state index contributed by atoms with van der Waals surface area (Å²) in [6.07, 6.45) is 2.35. The Kier molecular flexibility index (Phi) is 2.64. The van der Waals surface area contributed by atoms with Crippen LogP contribution in [0.15, 0.2) is 32.9 Å². The third-order valence-electron chi connectivity index (χ3n) is 2.52. The Morgan fingerprint density at radius 3 is 2.47 bits per heavy atom. The highest BCUT2D eigenvalue weighted by molar-refractivity contribution is 7.96. The lowest BCUT2D eigenvalue weighted by Gasteiger charge is -2.03. The molecule has 0 radical (unpaired) electrons. The lowest BCUT2D eigenvalue weighted by molar-refractivity contribution is 0.339. The third kappa shape index (κ3) is 1.90. The Hall–Kier alpha value is -1.18. The van der Waals surface area contributed by atoms with Gasteiger partial charge in [0.05, 0.1) is 21.3 Å². The van der Waals surface area contributed by atoms with Crippen molar-refractivity contribution in [1.29, 1.82) is 0 Å². The molecule has 1 N–H and O–H groups in total. The van der Waals surface area contributed by atoms with Crippen molar-refractivity contribution in [1.82, 2.24) is 0 Å². The number of benzene rings is 1. The second-order valence-corrected chi connectivity index (χ2v) is 7.73. The monoisotopic (exact) mass is 274 g/mol. The predicted molar refractivity (Wildman–Crippen MR) is 61.8 cm³/mol. The molecule has 1 heterocycles. The van der Waals surface area contributed by atoms with Crippen molar-refractivity contribution in [3.8, 4) is 0 Å². The third-order valence-corrected chi connectivity index (χ3v) is 5.50. The first kappa shape index (κ1) is 12.3. The highest BCUT2D eigenvalue weighted by atomic mass is 32.2. The smallest absolute Gasteiger partial charge is 0.205 e. The van der Waals surface area contributed by atoms with Crippen molar-refractivity contribution in [2.24, 2.45) is 0 Å². The molecular formula is C10H10O5S2. The summed E-state index contributed by atoms with van der Waals surface area (Å²) in [7, 11) is -7.18. The van der Waals surface area contributed by atoms with Crippen LogP contribution in [-0.2, 0) is 19.7 Å². The topological polar surface area (TPSA) is 88.5 Å². The standard InChI is InChI=1S/C10H10O5S2/c1-16(12,13)8-3-2-7-4-9(6-11)17(14,15)10(7)5-8/h2-5,11H,6H2,1H3. The molecule has 0 amide bonds. The Balaban J connectivity index is 2.71. The van der Waals surface area contributed by atoms with Gasteiger partial charge in [-0.3, -0.25) is 0 Å². The predicted octanol–water partition coefficient (Wildman–Crippen LogP) is 0.211. The van der Waals surface area contributed by atoms with Crippen LogP contribution in [-0.4, -0.2) is 34.8 Å². The minimum atomic E-state index is -3.73. The number of aliphatic hydroxyl groups excluding tert-OH is 1. The van der Waals surface area contributed by atoms with Crippen molar-refractivity contribution in [2.75, 3.05) is 12.9 Å². The number of hydrogen-bond donors (Lipinski definition) is 1.